The van der Waals surface area contributed by atoms with Crippen molar-refractivity contribution < 1.29 is 4.79 Å². The monoisotopic (exact) mass is 452 g/mol. The van der Waals surface area contributed by atoms with Crippen LogP contribution < -0.4 is 4.90 Å². The van der Waals surface area contributed by atoms with E-state index in [9.17, 15) is 4.79 Å². The van der Waals surface area contributed by atoms with Crippen molar-refractivity contribution in [1.82, 2.24) is 14.5 Å². The number of aromatic nitrogens is 2. The zero-order valence-electron chi connectivity index (χ0n) is 17.7. The molecule has 0 bridgehead atoms. The summed E-state index contributed by atoms with van der Waals surface area (Å²) in [6.07, 6.45) is 0. The van der Waals surface area contributed by atoms with E-state index in [1.54, 1.807) is 0 Å². The van der Waals surface area contributed by atoms with E-state index < -0.39 is 0 Å². The normalized spacial score (nSPS) is 14.8. The molecule has 3 heterocycles. The lowest BCUT2D eigenvalue weighted by molar-refractivity contribution is 0.0751. The van der Waals surface area contributed by atoms with Crippen LogP contribution in [0.1, 0.15) is 23.5 Å². The first-order valence-corrected chi connectivity index (χ1v) is 11.9. The summed E-state index contributed by atoms with van der Waals surface area (Å²) < 4.78 is 3.37. The van der Waals surface area contributed by atoms with E-state index in [0.717, 1.165) is 41.2 Å². The minimum Gasteiger partial charge on any atom is -0.339 e. The summed E-state index contributed by atoms with van der Waals surface area (Å²) in [7, 11) is 0. The summed E-state index contributed by atoms with van der Waals surface area (Å²) in [6, 6.07) is 16.2. The van der Waals surface area contributed by atoms with Gasteiger partial charge in [0.25, 0.3) is 5.91 Å². The molecule has 0 saturated carbocycles. The highest BCUT2D eigenvalue weighted by Crippen LogP contribution is 2.36. The quantitative estimate of drug-likeness (QED) is 0.409. The fourth-order valence-corrected chi connectivity index (χ4v) is 5.73. The van der Waals surface area contributed by atoms with Crippen LogP contribution >= 0.6 is 22.9 Å². The fourth-order valence-electron chi connectivity index (χ4n) is 4.25. The van der Waals surface area contributed by atoms with Crippen LogP contribution in [0.2, 0.25) is 5.02 Å². The number of hydrogen-bond donors (Lipinski definition) is 0. The molecular weight excluding hydrogens is 428 g/mol. The molecule has 0 atom stereocenters. The fraction of sp³-hybridized carbons (Fsp3) is 0.333. The summed E-state index contributed by atoms with van der Waals surface area (Å²) in [5, 5.41) is 1.53. The third-order valence-electron chi connectivity index (χ3n) is 5.76. The smallest absolute Gasteiger partial charge is 0.265 e. The van der Waals surface area contributed by atoms with E-state index in [1.165, 1.54) is 16.9 Å². The Labute approximate surface area is 190 Å². The van der Waals surface area contributed by atoms with Crippen LogP contribution in [0.3, 0.4) is 0 Å². The van der Waals surface area contributed by atoms with Crippen molar-refractivity contribution in [2.24, 2.45) is 5.92 Å². The number of hydrogen-bond acceptors (Lipinski definition) is 4. The molecule has 0 spiro atoms. The maximum absolute atomic E-state index is 13.2. The van der Waals surface area contributed by atoms with Gasteiger partial charge in [-0.3, -0.25) is 4.79 Å². The van der Waals surface area contributed by atoms with Gasteiger partial charge in [0.1, 0.15) is 4.88 Å². The Hall–Kier alpha value is -2.57. The van der Waals surface area contributed by atoms with Crippen molar-refractivity contribution in [3.63, 3.8) is 0 Å². The van der Waals surface area contributed by atoms with Crippen LogP contribution in [0, 0.1) is 5.92 Å². The molecule has 160 valence electrons. The Balaban J connectivity index is 1.37. The zero-order valence-corrected chi connectivity index (χ0v) is 19.3. The number of imidazole rings is 1. The van der Waals surface area contributed by atoms with Gasteiger partial charge in [0.05, 0.1) is 16.1 Å². The second-order valence-corrected chi connectivity index (χ2v) is 9.86. The van der Waals surface area contributed by atoms with E-state index in [-0.39, 0.29) is 5.91 Å². The lowest BCUT2D eigenvalue weighted by atomic mass is 10.2. The van der Waals surface area contributed by atoms with Gasteiger partial charge in [-0.1, -0.05) is 55.8 Å². The Morgan fingerprint density at radius 1 is 1.06 bits per heavy atom. The van der Waals surface area contributed by atoms with E-state index in [2.05, 4.69) is 41.5 Å². The molecule has 1 aliphatic rings. The highest BCUT2D eigenvalue weighted by Gasteiger charge is 2.28. The van der Waals surface area contributed by atoms with E-state index in [4.69, 9.17) is 16.6 Å². The van der Waals surface area contributed by atoms with Crippen molar-refractivity contribution >= 4 is 55.9 Å². The number of carbonyl (C=O) groups is 1. The first kappa shape index (κ1) is 20.3. The van der Waals surface area contributed by atoms with Gasteiger partial charge in [-0.2, -0.15) is 0 Å². The first-order chi connectivity index (χ1) is 15.0. The average Bonchev–Trinajstić information content (AvgIpc) is 3.31. The summed E-state index contributed by atoms with van der Waals surface area (Å²) in [5.41, 5.74) is 2.19. The van der Waals surface area contributed by atoms with Crippen molar-refractivity contribution in [3.8, 4) is 0 Å². The van der Waals surface area contributed by atoms with Crippen LogP contribution in [0.4, 0.5) is 5.95 Å². The predicted molar refractivity (Wildman–Crippen MR) is 130 cm³/mol. The molecule has 2 aromatic heterocycles. The second kappa shape index (κ2) is 8.17. The van der Waals surface area contributed by atoms with E-state index in [0.29, 0.717) is 28.9 Å². The number of para-hydroxylation sites is 2. The standard InChI is InChI=1S/C24H25ClN4OS/c1-16(2)15-29-19-9-5-4-8-18(19)26-24(29)28-13-11-27(12-14-28)23(30)22-21(25)17-7-3-6-10-20(17)31-22/h3-10,16H,11-15H2,1-2H3. The van der Waals surface area contributed by atoms with Gasteiger partial charge in [-0.25, -0.2) is 4.98 Å². The molecule has 0 radical (unpaired) electrons. The Morgan fingerprint density at radius 3 is 2.52 bits per heavy atom. The molecule has 1 amide bonds. The molecule has 1 aliphatic heterocycles. The van der Waals surface area contributed by atoms with Crippen molar-refractivity contribution in [2.45, 2.75) is 20.4 Å². The maximum Gasteiger partial charge on any atom is 0.265 e. The minimum atomic E-state index is 0.0292. The molecule has 7 heteroatoms. The van der Waals surface area contributed by atoms with Crippen molar-refractivity contribution in [1.29, 1.82) is 0 Å². The molecule has 0 aliphatic carbocycles. The Bertz CT molecular complexity index is 1250. The topological polar surface area (TPSA) is 41.4 Å². The summed E-state index contributed by atoms with van der Waals surface area (Å²) in [6.45, 7) is 8.22. The largest absolute Gasteiger partial charge is 0.339 e. The number of nitrogens with zero attached hydrogens (tertiary/aromatic N) is 4. The average molecular weight is 453 g/mol. The molecule has 1 fully saturated rings. The number of piperazine rings is 1. The van der Waals surface area contributed by atoms with E-state index in [1.807, 2.05) is 35.2 Å². The number of benzene rings is 2. The summed E-state index contributed by atoms with van der Waals surface area (Å²) in [5.74, 6) is 1.55. The molecule has 31 heavy (non-hydrogen) atoms. The van der Waals surface area contributed by atoms with Crippen molar-refractivity contribution in [2.75, 3.05) is 31.1 Å². The van der Waals surface area contributed by atoms with Crippen LogP contribution in [-0.4, -0.2) is 46.5 Å². The third-order valence-corrected chi connectivity index (χ3v) is 7.42. The van der Waals surface area contributed by atoms with Gasteiger partial charge in [0.2, 0.25) is 5.95 Å². The molecular formula is C24H25ClN4OS. The molecule has 0 unspecified atom stereocenters. The highest BCUT2D eigenvalue weighted by atomic mass is 35.5. The summed E-state index contributed by atoms with van der Waals surface area (Å²) >= 11 is 8.03. The molecule has 1 saturated heterocycles. The van der Waals surface area contributed by atoms with Crippen LogP contribution in [0.25, 0.3) is 21.1 Å². The lowest BCUT2D eigenvalue weighted by Gasteiger charge is -2.35. The maximum atomic E-state index is 13.2. The lowest BCUT2D eigenvalue weighted by Crippen LogP contribution is -2.49. The predicted octanol–water partition coefficient (Wildman–Crippen LogP) is 5.52. The van der Waals surface area contributed by atoms with E-state index >= 15 is 0 Å². The van der Waals surface area contributed by atoms with Gasteiger partial charge in [0, 0.05) is 42.8 Å². The molecule has 5 rings (SSSR count). The Morgan fingerprint density at radius 2 is 1.77 bits per heavy atom. The van der Waals surface area contributed by atoms with Gasteiger partial charge >= 0.3 is 0 Å². The highest BCUT2D eigenvalue weighted by molar-refractivity contribution is 7.21. The van der Waals surface area contributed by atoms with Crippen molar-refractivity contribution in [3.05, 3.63) is 58.4 Å². The molecule has 2 aromatic carbocycles. The van der Waals surface area contributed by atoms with Gasteiger partial charge in [-0.15, -0.1) is 11.3 Å². The number of thiophene rings is 1. The molecule has 0 N–H and O–H groups in total. The van der Waals surface area contributed by atoms with Gasteiger partial charge in [-0.05, 0) is 24.1 Å². The number of fused-ring (bicyclic) bond motifs is 2. The van der Waals surface area contributed by atoms with Crippen LogP contribution in [0.15, 0.2) is 48.5 Å². The van der Waals surface area contributed by atoms with Gasteiger partial charge < -0.3 is 14.4 Å². The molecule has 5 nitrogen and oxygen atoms in total. The second-order valence-electron chi connectivity index (χ2n) is 8.43. The van der Waals surface area contributed by atoms with Gasteiger partial charge in [0.15, 0.2) is 0 Å². The zero-order chi connectivity index (χ0) is 21.5. The SMILES string of the molecule is CC(C)Cn1c(N2CCN(C(=O)c3sc4ccccc4c3Cl)CC2)nc2ccccc21. The number of rotatable bonds is 4. The minimum absolute atomic E-state index is 0.0292. The van der Waals surface area contributed by atoms with Crippen LogP contribution in [-0.2, 0) is 6.54 Å². The Kier molecular flexibility index (Phi) is 5.36. The number of anilines is 1. The third kappa shape index (κ3) is 3.68. The number of carbonyl (C=O) groups excluding carboxylic acids is 1. The number of halogens is 1. The van der Waals surface area contributed by atoms with Crippen LogP contribution in [0.5, 0.6) is 0 Å². The number of amides is 1. The summed E-state index contributed by atoms with van der Waals surface area (Å²) in [4.78, 5) is 23.0. The molecule has 4 aromatic rings. The first-order valence-electron chi connectivity index (χ1n) is 10.7.